The Morgan fingerprint density at radius 1 is 1.33 bits per heavy atom. The van der Waals surface area contributed by atoms with Crippen LogP contribution in [0.15, 0.2) is 18.2 Å². The standard InChI is InChI=1S/C15H22N2O4/c1-11(10-19-2)17-15(18)9-16-12-4-5-13-14(8-12)21-7-3-6-20-13/h4-5,8,11,16H,3,6-7,9-10H2,1-2H3,(H,17,18). The average Bonchev–Trinajstić information content (AvgIpc) is 2.70. The second kappa shape index (κ2) is 7.73. The van der Waals surface area contributed by atoms with Gasteiger partial charge in [0.05, 0.1) is 26.4 Å². The van der Waals surface area contributed by atoms with E-state index in [9.17, 15) is 4.79 Å². The van der Waals surface area contributed by atoms with Gasteiger partial charge >= 0.3 is 0 Å². The van der Waals surface area contributed by atoms with Crippen molar-refractivity contribution in [1.29, 1.82) is 0 Å². The molecule has 0 radical (unpaired) electrons. The van der Waals surface area contributed by atoms with Crippen LogP contribution in [0.2, 0.25) is 0 Å². The van der Waals surface area contributed by atoms with Crippen molar-refractivity contribution >= 4 is 11.6 Å². The van der Waals surface area contributed by atoms with E-state index < -0.39 is 0 Å². The Bertz CT molecular complexity index is 479. The summed E-state index contributed by atoms with van der Waals surface area (Å²) in [5, 5.41) is 5.92. The van der Waals surface area contributed by atoms with Gasteiger partial charge in [-0.05, 0) is 19.1 Å². The summed E-state index contributed by atoms with van der Waals surface area (Å²) in [6.45, 7) is 3.91. The van der Waals surface area contributed by atoms with Gasteiger partial charge in [-0.1, -0.05) is 0 Å². The van der Waals surface area contributed by atoms with Gasteiger partial charge in [0.15, 0.2) is 11.5 Å². The number of ether oxygens (including phenoxy) is 3. The fourth-order valence-electron chi connectivity index (χ4n) is 2.07. The molecule has 1 aliphatic heterocycles. The van der Waals surface area contributed by atoms with Crippen molar-refractivity contribution in [3.05, 3.63) is 18.2 Å². The lowest BCUT2D eigenvalue weighted by molar-refractivity contribution is -0.120. The molecule has 21 heavy (non-hydrogen) atoms. The first-order chi connectivity index (χ1) is 10.2. The number of carbonyl (C=O) groups is 1. The Morgan fingerprint density at radius 3 is 2.86 bits per heavy atom. The molecule has 0 spiro atoms. The lowest BCUT2D eigenvalue weighted by Gasteiger charge is -2.14. The Hall–Kier alpha value is -1.95. The van der Waals surface area contributed by atoms with Gasteiger partial charge in [0, 0.05) is 31.3 Å². The summed E-state index contributed by atoms with van der Waals surface area (Å²) in [5.41, 5.74) is 0.828. The number of anilines is 1. The van der Waals surface area contributed by atoms with Crippen molar-refractivity contribution in [3.63, 3.8) is 0 Å². The molecule has 1 amide bonds. The highest BCUT2D eigenvalue weighted by Gasteiger charge is 2.11. The minimum absolute atomic E-state index is 0.00641. The topological polar surface area (TPSA) is 68.8 Å². The lowest BCUT2D eigenvalue weighted by Crippen LogP contribution is -2.39. The fourth-order valence-corrected chi connectivity index (χ4v) is 2.07. The third-order valence-corrected chi connectivity index (χ3v) is 3.02. The zero-order chi connectivity index (χ0) is 15.1. The van der Waals surface area contributed by atoms with Gasteiger partial charge < -0.3 is 24.8 Å². The molecule has 0 aromatic heterocycles. The molecular weight excluding hydrogens is 272 g/mol. The number of fused-ring (bicyclic) bond motifs is 1. The highest BCUT2D eigenvalue weighted by atomic mass is 16.5. The lowest BCUT2D eigenvalue weighted by atomic mass is 10.2. The van der Waals surface area contributed by atoms with Crippen molar-refractivity contribution in [2.45, 2.75) is 19.4 Å². The number of benzene rings is 1. The van der Waals surface area contributed by atoms with Crippen LogP contribution in [0, 0.1) is 0 Å². The number of amides is 1. The molecule has 0 saturated carbocycles. The Kier molecular flexibility index (Phi) is 5.68. The summed E-state index contributed by atoms with van der Waals surface area (Å²) < 4.78 is 16.1. The maximum absolute atomic E-state index is 11.8. The number of carbonyl (C=O) groups excluding carboxylic acids is 1. The molecule has 1 atom stereocenters. The van der Waals surface area contributed by atoms with Crippen molar-refractivity contribution < 1.29 is 19.0 Å². The molecule has 1 heterocycles. The Morgan fingerprint density at radius 2 is 2.10 bits per heavy atom. The predicted molar refractivity (Wildman–Crippen MR) is 80.0 cm³/mol. The second-order valence-electron chi connectivity index (χ2n) is 4.99. The third kappa shape index (κ3) is 4.82. The van der Waals surface area contributed by atoms with Crippen LogP contribution >= 0.6 is 0 Å². The first-order valence-electron chi connectivity index (χ1n) is 7.11. The monoisotopic (exact) mass is 294 g/mol. The highest BCUT2D eigenvalue weighted by Crippen LogP contribution is 2.32. The van der Waals surface area contributed by atoms with E-state index in [2.05, 4.69) is 10.6 Å². The zero-order valence-corrected chi connectivity index (χ0v) is 12.5. The van der Waals surface area contributed by atoms with Crippen LogP contribution in [-0.4, -0.2) is 45.4 Å². The molecule has 1 unspecified atom stereocenters. The number of nitrogens with one attached hydrogen (secondary N) is 2. The van der Waals surface area contributed by atoms with E-state index in [1.165, 1.54) is 0 Å². The first-order valence-corrected chi connectivity index (χ1v) is 7.11. The molecular formula is C15H22N2O4. The van der Waals surface area contributed by atoms with Gasteiger partial charge in [-0.2, -0.15) is 0 Å². The van der Waals surface area contributed by atoms with Crippen LogP contribution in [0.5, 0.6) is 11.5 Å². The van der Waals surface area contributed by atoms with Crippen LogP contribution in [0.25, 0.3) is 0 Å². The van der Waals surface area contributed by atoms with Crippen molar-refractivity contribution in [2.24, 2.45) is 0 Å². The van der Waals surface area contributed by atoms with E-state index in [0.29, 0.717) is 25.6 Å². The minimum Gasteiger partial charge on any atom is -0.490 e. The Balaban J connectivity index is 1.86. The average molecular weight is 294 g/mol. The van der Waals surface area contributed by atoms with Crippen molar-refractivity contribution in [1.82, 2.24) is 5.32 Å². The van der Waals surface area contributed by atoms with Gasteiger partial charge in [-0.3, -0.25) is 4.79 Å². The quantitative estimate of drug-likeness (QED) is 0.830. The summed E-state index contributed by atoms with van der Waals surface area (Å²) in [6, 6.07) is 5.58. The van der Waals surface area contributed by atoms with E-state index >= 15 is 0 Å². The molecule has 0 saturated heterocycles. The number of hydrogen-bond donors (Lipinski definition) is 2. The number of rotatable bonds is 6. The molecule has 1 aromatic rings. The molecule has 0 aliphatic carbocycles. The van der Waals surface area contributed by atoms with E-state index in [-0.39, 0.29) is 18.5 Å². The normalized spacial score (nSPS) is 15.0. The summed E-state index contributed by atoms with van der Waals surface area (Å²) in [6.07, 6.45) is 0.872. The highest BCUT2D eigenvalue weighted by molar-refractivity contribution is 5.81. The van der Waals surface area contributed by atoms with E-state index in [0.717, 1.165) is 17.9 Å². The molecule has 6 nitrogen and oxygen atoms in total. The van der Waals surface area contributed by atoms with Crippen LogP contribution in [-0.2, 0) is 9.53 Å². The van der Waals surface area contributed by atoms with Crippen LogP contribution < -0.4 is 20.1 Å². The number of hydrogen-bond acceptors (Lipinski definition) is 5. The maximum atomic E-state index is 11.8. The molecule has 0 fully saturated rings. The summed E-state index contributed by atoms with van der Waals surface area (Å²) >= 11 is 0. The fraction of sp³-hybridized carbons (Fsp3) is 0.533. The molecule has 1 aliphatic rings. The smallest absolute Gasteiger partial charge is 0.239 e. The summed E-state index contributed by atoms with van der Waals surface area (Å²) in [7, 11) is 1.61. The first kappa shape index (κ1) is 15.4. The van der Waals surface area contributed by atoms with Gasteiger partial charge in [0.25, 0.3) is 0 Å². The third-order valence-electron chi connectivity index (χ3n) is 3.02. The van der Waals surface area contributed by atoms with Gasteiger partial charge in [-0.25, -0.2) is 0 Å². The largest absolute Gasteiger partial charge is 0.490 e. The van der Waals surface area contributed by atoms with E-state index in [1.807, 2.05) is 25.1 Å². The van der Waals surface area contributed by atoms with Gasteiger partial charge in [-0.15, -0.1) is 0 Å². The van der Waals surface area contributed by atoms with Crippen LogP contribution in [0.3, 0.4) is 0 Å². The van der Waals surface area contributed by atoms with Crippen molar-refractivity contribution in [2.75, 3.05) is 38.8 Å². The molecule has 6 heteroatoms. The predicted octanol–water partition coefficient (Wildman–Crippen LogP) is 1.41. The molecule has 0 bridgehead atoms. The van der Waals surface area contributed by atoms with Gasteiger partial charge in [0.1, 0.15) is 0 Å². The summed E-state index contributed by atoms with van der Waals surface area (Å²) in [5.74, 6) is 1.38. The van der Waals surface area contributed by atoms with E-state index in [1.54, 1.807) is 7.11 Å². The second-order valence-corrected chi connectivity index (χ2v) is 4.99. The van der Waals surface area contributed by atoms with Crippen LogP contribution in [0.4, 0.5) is 5.69 Å². The SMILES string of the molecule is COCC(C)NC(=O)CNc1ccc2c(c1)OCCCO2. The Labute approximate surface area is 124 Å². The van der Waals surface area contributed by atoms with Crippen LogP contribution in [0.1, 0.15) is 13.3 Å². The molecule has 2 N–H and O–H groups in total. The maximum Gasteiger partial charge on any atom is 0.239 e. The summed E-state index contributed by atoms with van der Waals surface area (Å²) in [4.78, 5) is 11.8. The van der Waals surface area contributed by atoms with Gasteiger partial charge in [0.2, 0.25) is 5.91 Å². The van der Waals surface area contributed by atoms with E-state index in [4.69, 9.17) is 14.2 Å². The molecule has 116 valence electrons. The molecule has 1 aromatic carbocycles. The van der Waals surface area contributed by atoms with Crippen molar-refractivity contribution in [3.8, 4) is 11.5 Å². The molecule has 2 rings (SSSR count). The zero-order valence-electron chi connectivity index (χ0n) is 12.5. The number of methoxy groups -OCH3 is 1. The minimum atomic E-state index is -0.0772.